The van der Waals surface area contributed by atoms with Crippen molar-refractivity contribution in [2.75, 3.05) is 45.6 Å². The van der Waals surface area contributed by atoms with Crippen LogP contribution >= 0.6 is 0 Å². The first kappa shape index (κ1) is 22.8. The summed E-state index contributed by atoms with van der Waals surface area (Å²) < 4.78 is 30.1. The van der Waals surface area contributed by atoms with Crippen molar-refractivity contribution in [2.24, 2.45) is 5.92 Å². The average molecular weight is 412 g/mol. The van der Waals surface area contributed by atoms with Gasteiger partial charge in [-0.05, 0) is 36.5 Å². The summed E-state index contributed by atoms with van der Waals surface area (Å²) in [5.41, 5.74) is 1.60. The third-order valence-corrected chi connectivity index (χ3v) is 5.53. The van der Waals surface area contributed by atoms with E-state index in [0.717, 1.165) is 44.5 Å². The monoisotopic (exact) mass is 411 g/mol. The maximum absolute atomic E-state index is 12.5. The minimum atomic E-state index is -3.18. The smallest absolute Gasteiger partial charge is 0.251 e. The molecule has 0 bridgehead atoms. The number of carbonyl (C=O) groups is 1. The summed E-state index contributed by atoms with van der Waals surface area (Å²) >= 11 is 0. The Morgan fingerprint density at radius 2 is 1.82 bits per heavy atom. The van der Waals surface area contributed by atoms with Gasteiger partial charge in [-0.1, -0.05) is 26.0 Å². The van der Waals surface area contributed by atoms with E-state index in [2.05, 4.69) is 28.8 Å². The van der Waals surface area contributed by atoms with Gasteiger partial charge in [-0.2, -0.15) is 0 Å². The van der Waals surface area contributed by atoms with Crippen LogP contribution < -0.4 is 10.0 Å². The topological polar surface area (TPSA) is 87.7 Å². The van der Waals surface area contributed by atoms with Gasteiger partial charge in [0.05, 0.1) is 19.5 Å². The Balaban J connectivity index is 1.86. The number of nitrogens with zero attached hydrogens (tertiary/aromatic N) is 1. The minimum Gasteiger partial charge on any atom is -0.379 e. The second kappa shape index (κ2) is 10.9. The van der Waals surface area contributed by atoms with Crippen molar-refractivity contribution in [1.82, 2.24) is 14.9 Å². The molecule has 1 atom stereocenters. The first-order valence-corrected chi connectivity index (χ1v) is 11.8. The number of nitrogens with one attached hydrogen (secondary N) is 2. The van der Waals surface area contributed by atoms with Gasteiger partial charge in [-0.15, -0.1) is 0 Å². The van der Waals surface area contributed by atoms with Gasteiger partial charge >= 0.3 is 0 Å². The predicted molar refractivity (Wildman–Crippen MR) is 111 cm³/mol. The average Bonchev–Trinajstić information content (AvgIpc) is 2.65. The molecule has 1 amide bonds. The molecule has 1 aromatic carbocycles. The predicted octanol–water partition coefficient (Wildman–Crippen LogP) is 1.26. The number of ether oxygens (including phenoxy) is 1. The van der Waals surface area contributed by atoms with E-state index < -0.39 is 10.0 Å². The zero-order chi connectivity index (χ0) is 20.6. The number of rotatable bonds is 10. The number of sulfonamides is 1. The van der Waals surface area contributed by atoms with Crippen LogP contribution in [0, 0.1) is 5.92 Å². The third-order valence-electron chi connectivity index (χ3n) is 4.80. The van der Waals surface area contributed by atoms with E-state index in [-0.39, 0.29) is 5.91 Å². The van der Waals surface area contributed by atoms with Gasteiger partial charge in [-0.25, -0.2) is 13.1 Å². The van der Waals surface area contributed by atoms with Gasteiger partial charge in [-0.3, -0.25) is 9.69 Å². The summed E-state index contributed by atoms with van der Waals surface area (Å²) in [4.78, 5) is 14.9. The Labute approximate surface area is 168 Å². The van der Waals surface area contributed by atoms with Crippen molar-refractivity contribution in [1.29, 1.82) is 0 Å². The van der Waals surface area contributed by atoms with Crippen molar-refractivity contribution in [3.05, 3.63) is 35.4 Å². The van der Waals surface area contributed by atoms with Crippen LogP contribution in [-0.2, 0) is 21.2 Å². The fourth-order valence-corrected chi connectivity index (χ4v) is 3.84. The molecular formula is C20H33N3O4S. The van der Waals surface area contributed by atoms with E-state index in [1.807, 2.05) is 12.1 Å². The lowest BCUT2D eigenvalue weighted by Crippen LogP contribution is -2.49. The van der Waals surface area contributed by atoms with Crippen LogP contribution in [0.2, 0.25) is 0 Å². The summed E-state index contributed by atoms with van der Waals surface area (Å²) in [6.45, 7) is 8.68. The maximum Gasteiger partial charge on any atom is 0.251 e. The van der Waals surface area contributed by atoms with Gasteiger partial charge in [0.15, 0.2) is 0 Å². The number of morpholine rings is 1. The summed E-state index contributed by atoms with van der Waals surface area (Å²) in [6, 6.07) is 7.63. The molecule has 28 heavy (non-hydrogen) atoms. The van der Waals surface area contributed by atoms with Crippen molar-refractivity contribution >= 4 is 15.9 Å². The number of hydrogen-bond acceptors (Lipinski definition) is 5. The molecule has 7 nitrogen and oxygen atoms in total. The fourth-order valence-electron chi connectivity index (χ4n) is 3.36. The van der Waals surface area contributed by atoms with Crippen molar-refractivity contribution in [3.63, 3.8) is 0 Å². The molecule has 1 aromatic rings. The molecular weight excluding hydrogens is 378 g/mol. The fraction of sp³-hybridized carbons (Fsp3) is 0.650. The summed E-state index contributed by atoms with van der Waals surface area (Å²) in [5, 5.41) is 3.07. The second-order valence-electron chi connectivity index (χ2n) is 7.76. The lowest BCUT2D eigenvalue weighted by Gasteiger charge is -2.35. The van der Waals surface area contributed by atoms with E-state index in [9.17, 15) is 13.2 Å². The lowest BCUT2D eigenvalue weighted by molar-refractivity contribution is 0.0124. The molecule has 0 aliphatic carbocycles. The molecule has 0 radical (unpaired) electrons. The van der Waals surface area contributed by atoms with Crippen LogP contribution in [0.4, 0.5) is 0 Å². The molecule has 8 heteroatoms. The van der Waals surface area contributed by atoms with Gasteiger partial charge in [0, 0.05) is 37.8 Å². The van der Waals surface area contributed by atoms with E-state index in [1.54, 1.807) is 12.1 Å². The highest BCUT2D eigenvalue weighted by atomic mass is 32.2. The molecule has 1 heterocycles. The Bertz CT molecular complexity index is 713. The Morgan fingerprint density at radius 3 is 2.39 bits per heavy atom. The lowest BCUT2D eigenvalue weighted by atomic mass is 10.0. The molecule has 0 aromatic heterocycles. The maximum atomic E-state index is 12.5. The number of benzene rings is 1. The van der Waals surface area contributed by atoms with Crippen LogP contribution in [0.1, 0.15) is 36.2 Å². The van der Waals surface area contributed by atoms with Gasteiger partial charge in [0.25, 0.3) is 5.91 Å². The van der Waals surface area contributed by atoms with Crippen LogP contribution in [-0.4, -0.2) is 70.9 Å². The zero-order valence-corrected chi connectivity index (χ0v) is 17.9. The van der Waals surface area contributed by atoms with Crippen LogP contribution in [0.15, 0.2) is 24.3 Å². The largest absolute Gasteiger partial charge is 0.379 e. The van der Waals surface area contributed by atoms with E-state index in [0.29, 0.717) is 37.0 Å². The van der Waals surface area contributed by atoms with E-state index in [1.165, 1.54) is 0 Å². The second-order valence-corrected chi connectivity index (χ2v) is 9.59. The molecule has 158 valence electrons. The molecule has 0 spiro atoms. The number of hydrogen-bond donors (Lipinski definition) is 2. The van der Waals surface area contributed by atoms with Gasteiger partial charge < -0.3 is 10.1 Å². The molecule has 1 saturated heterocycles. The highest BCUT2D eigenvalue weighted by Gasteiger charge is 2.22. The molecule has 1 unspecified atom stereocenters. The van der Waals surface area contributed by atoms with Crippen molar-refractivity contribution < 1.29 is 17.9 Å². The van der Waals surface area contributed by atoms with Crippen LogP contribution in [0.5, 0.6) is 0 Å². The zero-order valence-electron chi connectivity index (χ0n) is 17.1. The molecule has 1 aliphatic heterocycles. The summed E-state index contributed by atoms with van der Waals surface area (Å²) in [5.74, 6) is 0.479. The molecule has 0 saturated carbocycles. The molecule has 1 fully saturated rings. The third kappa shape index (κ3) is 8.26. The van der Waals surface area contributed by atoms with Crippen LogP contribution in [0.25, 0.3) is 0 Å². The Hall–Kier alpha value is -1.48. The standard InChI is InChI=1S/C20H33N3O4S/c1-16(2)14-19(23-10-12-27-13-11-23)15-21-20(24)18-6-4-17(5-7-18)8-9-22-28(3,25)26/h4-7,16,19,22H,8-15H2,1-3H3,(H,21,24). The van der Waals surface area contributed by atoms with E-state index >= 15 is 0 Å². The van der Waals surface area contributed by atoms with Crippen molar-refractivity contribution in [2.45, 2.75) is 32.7 Å². The van der Waals surface area contributed by atoms with E-state index in [4.69, 9.17) is 4.74 Å². The Kier molecular flexibility index (Phi) is 8.88. The normalized spacial score (nSPS) is 16.9. The molecule has 2 rings (SSSR count). The number of amides is 1. The van der Waals surface area contributed by atoms with Crippen molar-refractivity contribution in [3.8, 4) is 0 Å². The highest BCUT2D eigenvalue weighted by molar-refractivity contribution is 7.88. The first-order chi connectivity index (χ1) is 13.2. The number of carbonyl (C=O) groups excluding carboxylic acids is 1. The summed E-state index contributed by atoms with van der Waals surface area (Å²) in [6.07, 6.45) is 2.76. The first-order valence-electron chi connectivity index (χ1n) is 9.88. The van der Waals surface area contributed by atoms with Gasteiger partial charge in [0.2, 0.25) is 10.0 Å². The molecule has 1 aliphatic rings. The minimum absolute atomic E-state index is 0.0807. The SMILES string of the molecule is CC(C)CC(CNC(=O)c1ccc(CCNS(C)(=O)=O)cc1)N1CCOCC1. The molecule has 2 N–H and O–H groups in total. The summed E-state index contributed by atoms with van der Waals surface area (Å²) in [7, 11) is -3.18. The van der Waals surface area contributed by atoms with Gasteiger partial charge in [0.1, 0.15) is 0 Å². The quantitative estimate of drug-likeness (QED) is 0.605. The Morgan fingerprint density at radius 1 is 1.18 bits per heavy atom. The van der Waals surface area contributed by atoms with Crippen LogP contribution in [0.3, 0.4) is 0 Å². The highest BCUT2D eigenvalue weighted by Crippen LogP contribution is 2.13.